The Balaban J connectivity index is 1.98. The minimum atomic E-state index is 0.0999. The molecule has 1 heterocycles. The van der Waals surface area contributed by atoms with E-state index >= 15 is 0 Å². The average molecular weight is 186 g/mol. The lowest BCUT2D eigenvalue weighted by molar-refractivity contribution is 0.0210. The molecule has 3 heteroatoms. The number of hydrogen-bond acceptors (Lipinski definition) is 3. The molecule has 1 aliphatic heterocycles. The van der Waals surface area contributed by atoms with Crippen LogP contribution in [0.2, 0.25) is 0 Å². The molecule has 13 heavy (non-hydrogen) atoms. The summed E-state index contributed by atoms with van der Waals surface area (Å²) < 4.78 is 5.66. The molecule has 1 rings (SSSR count). The molecular weight excluding hydrogens is 164 g/mol. The summed E-state index contributed by atoms with van der Waals surface area (Å²) in [6, 6.07) is 0. The van der Waals surface area contributed by atoms with Crippen LogP contribution in [0.25, 0.3) is 0 Å². The largest absolute Gasteiger partial charge is 0.374 e. The summed E-state index contributed by atoms with van der Waals surface area (Å²) in [5, 5.41) is 3.42. The van der Waals surface area contributed by atoms with Crippen molar-refractivity contribution in [3.63, 3.8) is 0 Å². The molecule has 3 N–H and O–H groups in total. The smallest absolute Gasteiger partial charge is 0.0779 e. The maximum atomic E-state index is 5.66. The molecule has 0 radical (unpaired) electrons. The van der Waals surface area contributed by atoms with Gasteiger partial charge in [-0.25, -0.2) is 0 Å². The van der Waals surface area contributed by atoms with Crippen LogP contribution < -0.4 is 11.1 Å². The fourth-order valence-corrected chi connectivity index (χ4v) is 1.72. The first kappa shape index (κ1) is 11.0. The van der Waals surface area contributed by atoms with E-state index in [-0.39, 0.29) is 5.60 Å². The zero-order valence-corrected chi connectivity index (χ0v) is 8.64. The van der Waals surface area contributed by atoms with E-state index in [4.69, 9.17) is 10.5 Å². The van der Waals surface area contributed by atoms with E-state index in [9.17, 15) is 0 Å². The topological polar surface area (TPSA) is 47.3 Å². The third-order valence-corrected chi connectivity index (χ3v) is 2.61. The van der Waals surface area contributed by atoms with Crippen molar-refractivity contribution in [3.8, 4) is 0 Å². The first-order chi connectivity index (χ1) is 6.27. The van der Waals surface area contributed by atoms with Crippen molar-refractivity contribution in [1.82, 2.24) is 5.32 Å². The van der Waals surface area contributed by atoms with E-state index in [1.165, 1.54) is 19.3 Å². The third kappa shape index (κ3) is 4.07. The average Bonchev–Trinajstić information content (AvgIpc) is 2.53. The number of unbranched alkanes of at least 4 members (excludes halogenated alkanes) is 1. The van der Waals surface area contributed by atoms with Gasteiger partial charge < -0.3 is 15.8 Å². The first-order valence-electron chi connectivity index (χ1n) is 5.32. The second-order valence-electron chi connectivity index (χ2n) is 4.07. The Morgan fingerprint density at radius 1 is 1.46 bits per heavy atom. The van der Waals surface area contributed by atoms with Crippen LogP contribution in [0, 0.1) is 0 Å². The maximum absolute atomic E-state index is 5.66. The highest BCUT2D eigenvalue weighted by atomic mass is 16.5. The van der Waals surface area contributed by atoms with Crippen molar-refractivity contribution in [3.05, 3.63) is 0 Å². The highest BCUT2D eigenvalue weighted by Crippen LogP contribution is 2.23. The highest BCUT2D eigenvalue weighted by Gasteiger charge is 2.28. The van der Waals surface area contributed by atoms with Gasteiger partial charge in [-0.2, -0.15) is 0 Å². The Kier molecular flexibility index (Phi) is 4.70. The summed E-state index contributed by atoms with van der Waals surface area (Å²) in [6.07, 6.45) is 4.69. The van der Waals surface area contributed by atoms with Crippen LogP contribution in [0.1, 0.15) is 32.6 Å². The second-order valence-corrected chi connectivity index (χ2v) is 4.07. The minimum absolute atomic E-state index is 0.0999. The lowest BCUT2D eigenvalue weighted by Crippen LogP contribution is -2.37. The van der Waals surface area contributed by atoms with Crippen molar-refractivity contribution < 1.29 is 4.74 Å². The molecule has 78 valence electrons. The van der Waals surface area contributed by atoms with E-state index in [2.05, 4.69) is 12.2 Å². The van der Waals surface area contributed by atoms with Gasteiger partial charge in [-0.05, 0) is 45.7 Å². The molecule has 3 nitrogen and oxygen atoms in total. The normalized spacial score (nSPS) is 28.2. The number of nitrogens with two attached hydrogens (primary N) is 1. The van der Waals surface area contributed by atoms with Gasteiger partial charge in [-0.15, -0.1) is 0 Å². The molecule has 1 unspecified atom stereocenters. The van der Waals surface area contributed by atoms with Gasteiger partial charge in [0, 0.05) is 13.2 Å². The molecule has 0 bridgehead atoms. The zero-order valence-electron chi connectivity index (χ0n) is 8.64. The van der Waals surface area contributed by atoms with Gasteiger partial charge in [-0.3, -0.25) is 0 Å². The van der Waals surface area contributed by atoms with E-state index in [1.807, 2.05) is 0 Å². The standard InChI is InChI=1S/C10H22N2O/c1-10(5-4-8-13-10)9-12-7-3-2-6-11/h12H,2-9,11H2,1H3. The summed E-state index contributed by atoms with van der Waals surface area (Å²) >= 11 is 0. The monoisotopic (exact) mass is 186 g/mol. The molecule has 1 fully saturated rings. The number of nitrogens with one attached hydrogen (secondary N) is 1. The Labute approximate surface area is 81.0 Å². The highest BCUT2D eigenvalue weighted by molar-refractivity contribution is 4.82. The van der Waals surface area contributed by atoms with Crippen molar-refractivity contribution in [2.75, 3.05) is 26.2 Å². The van der Waals surface area contributed by atoms with Crippen LogP contribution in [-0.4, -0.2) is 31.8 Å². The number of rotatable bonds is 6. The predicted molar refractivity (Wildman–Crippen MR) is 54.7 cm³/mol. The molecular formula is C10H22N2O. The predicted octanol–water partition coefficient (Wildman–Crippen LogP) is 0.884. The van der Waals surface area contributed by atoms with E-state index in [0.29, 0.717) is 0 Å². The van der Waals surface area contributed by atoms with Gasteiger partial charge in [0.2, 0.25) is 0 Å². The van der Waals surface area contributed by atoms with Crippen molar-refractivity contribution in [2.45, 2.75) is 38.2 Å². The van der Waals surface area contributed by atoms with Gasteiger partial charge in [0.1, 0.15) is 0 Å². The Morgan fingerprint density at radius 3 is 2.92 bits per heavy atom. The summed E-state index contributed by atoms with van der Waals surface area (Å²) in [7, 11) is 0. The van der Waals surface area contributed by atoms with Crippen LogP contribution in [0.15, 0.2) is 0 Å². The summed E-state index contributed by atoms with van der Waals surface area (Å²) in [6.45, 7) is 5.97. The Hall–Kier alpha value is -0.120. The molecule has 0 saturated carbocycles. The van der Waals surface area contributed by atoms with Crippen molar-refractivity contribution >= 4 is 0 Å². The van der Waals surface area contributed by atoms with E-state index < -0.39 is 0 Å². The lowest BCUT2D eigenvalue weighted by atomic mass is 10.0. The van der Waals surface area contributed by atoms with Crippen LogP contribution in [-0.2, 0) is 4.74 Å². The van der Waals surface area contributed by atoms with Gasteiger partial charge in [0.25, 0.3) is 0 Å². The van der Waals surface area contributed by atoms with E-state index in [0.717, 1.165) is 32.7 Å². The molecule has 0 aromatic rings. The van der Waals surface area contributed by atoms with Crippen LogP contribution >= 0.6 is 0 Å². The second kappa shape index (κ2) is 5.58. The van der Waals surface area contributed by atoms with Crippen molar-refractivity contribution in [1.29, 1.82) is 0 Å². The molecule has 0 aromatic heterocycles. The first-order valence-corrected chi connectivity index (χ1v) is 5.32. The SMILES string of the molecule is CC1(CNCCCCN)CCCO1. The number of ether oxygens (including phenoxy) is 1. The van der Waals surface area contributed by atoms with Gasteiger partial charge in [0.05, 0.1) is 5.60 Å². The fourth-order valence-electron chi connectivity index (χ4n) is 1.72. The molecule has 1 saturated heterocycles. The van der Waals surface area contributed by atoms with Crippen molar-refractivity contribution in [2.24, 2.45) is 5.73 Å². The van der Waals surface area contributed by atoms with E-state index in [1.54, 1.807) is 0 Å². The van der Waals surface area contributed by atoms with Crippen LogP contribution in [0.3, 0.4) is 0 Å². The third-order valence-electron chi connectivity index (χ3n) is 2.61. The summed E-state index contributed by atoms with van der Waals surface area (Å²) in [5.41, 5.74) is 5.51. The molecule has 0 amide bonds. The Bertz CT molecular complexity index is 133. The summed E-state index contributed by atoms with van der Waals surface area (Å²) in [5.74, 6) is 0. The molecule has 0 aromatic carbocycles. The van der Waals surface area contributed by atoms with Gasteiger partial charge in [-0.1, -0.05) is 0 Å². The minimum Gasteiger partial charge on any atom is -0.374 e. The van der Waals surface area contributed by atoms with Crippen LogP contribution in [0.5, 0.6) is 0 Å². The van der Waals surface area contributed by atoms with Crippen LogP contribution in [0.4, 0.5) is 0 Å². The number of hydrogen-bond donors (Lipinski definition) is 2. The quantitative estimate of drug-likeness (QED) is 0.605. The molecule has 0 spiro atoms. The fraction of sp³-hybridized carbons (Fsp3) is 1.00. The molecule has 0 aliphatic carbocycles. The lowest BCUT2D eigenvalue weighted by Gasteiger charge is -2.23. The maximum Gasteiger partial charge on any atom is 0.0779 e. The zero-order chi connectivity index (χ0) is 9.57. The molecule has 1 atom stereocenters. The van der Waals surface area contributed by atoms with Gasteiger partial charge >= 0.3 is 0 Å². The van der Waals surface area contributed by atoms with Gasteiger partial charge in [0.15, 0.2) is 0 Å². The molecule has 1 aliphatic rings. The Morgan fingerprint density at radius 2 is 2.31 bits per heavy atom. The summed E-state index contributed by atoms with van der Waals surface area (Å²) in [4.78, 5) is 0.